The van der Waals surface area contributed by atoms with Crippen LogP contribution < -0.4 is 0 Å². The predicted octanol–water partition coefficient (Wildman–Crippen LogP) is 11.0. The van der Waals surface area contributed by atoms with Gasteiger partial charge in [-0.05, 0) is 69.8 Å². The van der Waals surface area contributed by atoms with Crippen LogP contribution in [0.2, 0.25) is 0 Å². The molecule has 0 saturated heterocycles. The smallest absolute Gasteiger partial charge is 0.0489 e. The minimum atomic E-state index is 1.19. The van der Waals surface area contributed by atoms with Crippen LogP contribution in [0.3, 0.4) is 0 Å². The van der Waals surface area contributed by atoms with E-state index in [1.165, 1.54) is 77.0 Å². The Bertz CT molecular complexity index is 2210. The van der Waals surface area contributed by atoms with Crippen molar-refractivity contribution in [2.24, 2.45) is 14.1 Å². The zero-order valence-corrected chi connectivity index (χ0v) is 24.9. The van der Waals surface area contributed by atoms with Crippen molar-refractivity contribution in [2.45, 2.75) is 0 Å². The van der Waals surface area contributed by atoms with Gasteiger partial charge in [0.25, 0.3) is 0 Å². The summed E-state index contributed by atoms with van der Waals surface area (Å²) in [5.41, 5.74) is 12.3. The highest BCUT2D eigenvalue weighted by atomic mass is 14.9. The van der Waals surface area contributed by atoms with E-state index in [0.29, 0.717) is 0 Å². The summed E-state index contributed by atoms with van der Waals surface area (Å²) in [5.74, 6) is 0. The first-order chi connectivity index (χ1) is 21.6. The Kier molecular flexibility index (Phi) is 6.27. The van der Waals surface area contributed by atoms with Gasteiger partial charge in [0.2, 0.25) is 0 Å². The van der Waals surface area contributed by atoms with Crippen LogP contribution in [0.15, 0.2) is 133 Å². The third-order valence-electron chi connectivity index (χ3n) is 8.97. The van der Waals surface area contributed by atoms with Crippen LogP contribution in [0.5, 0.6) is 0 Å². The molecule has 0 fully saturated rings. The highest BCUT2D eigenvalue weighted by Crippen LogP contribution is 2.31. The van der Waals surface area contributed by atoms with Gasteiger partial charge in [0, 0.05) is 57.7 Å². The fraction of sp³-hybridized carbons (Fsp3) is 0.0476. The summed E-state index contributed by atoms with van der Waals surface area (Å²) >= 11 is 0. The Morgan fingerprint density at radius 1 is 0.341 bits per heavy atom. The minimum absolute atomic E-state index is 1.19. The van der Waals surface area contributed by atoms with E-state index in [0.717, 1.165) is 0 Å². The average Bonchev–Trinajstić information content (AvgIpc) is 3.53. The topological polar surface area (TPSA) is 9.86 Å². The molecule has 0 aliphatic heterocycles. The van der Waals surface area contributed by atoms with Crippen LogP contribution >= 0.6 is 0 Å². The summed E-state index contributed by atoms with van der Waals surface area (Å²) in [5, 5.41) is 5.19. The Hall–Kier alpha value is -5.60. The van der Waals surface area contributed by atoms with Crippen molar-refractivity contribution in [1.29, 1.82) is 0 Å². The molecule has 6 aromatic carbocycles. The average molecular weight is 565 g/mol. The van der Waals surface area contributed by atoms with E-state index in [1.807, 2.05) is 0 Å². The van der Waals surface area contributed by atoms with Gasteiger partial charge in [-0.1, -0.05) is 121 Å². The van der Waals surface area contributed by atoms with Crippen molar-refractivity contribution in [3.05, 3.63) is 156 Å². The predicted molar refractivity (Wildman–Crippen MR) is 191 cm³/mol. The second-order valence-corrected chi connectivity index (χ2v) is 11.6. The van der Waals surface area contributed by atoms with Crippen LogP contribution in [-0.2, 0) is 14.1 Å². The second-order valence-electron chi connectivity index (χ2n) is 11.6. The Morgan fingerprint density at radius 3 is 1.11 bits per heavy atom. The van der Waals surface area contributed by atoms with Gasteiger partial charge in [-0.3, -0.25) is 0 Å². The number of hydrogen-bond acceptors (Lipinski definition) is 0. The van der Waals surface area contributed by atoms with Gasteiger partial charge in [0.15, 0.2) is 0 Å². The lowest BCUT2D eigenvalue weighted by Gasteiger charge is -2.04. The van der Waals surface area contributed by atoms with Gasteiger partial charge in [-0.2, -0.15) is 0 Å². The third kappa shape index (κ3) is 4.53. The molecule has 0 amide bonds. The molecule has 0 aliphatic carbocycles. The first kappa shape index (κ1) is 26.1. The summed E-state index contributed by atoms with van der Waals surface area (Å²) < 4.78 is 4.54. The van der Waals surface area contributed by atoms with Gasteiger partial charge < -0.3 is 9.13 Å². The molecule has 0 aliphatic rings. The Morgan fingerprint density at radius 2 is 0.682 bits per heavy atom. The lowest BCUT2D eigenvalue weighted by atomic mass is 10.0. The number of para-hydroxylation sites is 2. The van der Waals surface area contributed by atoms with E-state index in [2.05, 4.69) is 181 Å². The van der Waals surface area contributed by atoms with Crippen molar-refractivity contribution < 1.29 is 0 Å². The van der Waals surface area contributed by atoms with Gasteiger partial charge in [0.1, 0.15) is 0 Å². The van der Waals surface area contributed by atoms with Gasteiger partial charge >= 0.3 is 0 Å². The highest BCUT2D eigenvalue weighted by Gasteiger charge is 2.08. The third-order valence-corrected chi connectivity index (χ3v) is 8.97. The van der Waals surface area contributed by atoms with E-state index in [9.17, 15) is 0 Å². The molecular weight excluding hydrogens is 532 g/mol. The molecule has 0 atom stereocenters. The number of nitrogens with zero attached hydrogens (tertiary/aromatic N) is 2. The monoisotopic (exact) mass is 564 g/mol. The number of aryl methyl sites for hydroxylation is 2. The molecular formula is C42H32N2. The van der Waals surface area contributed by atoms with Gasteiger partial charge in [-0.25, -0.2) is 0 Å². The molecule has 0 bridgehead atoms. The molecule has 2 heteroatoms. The van der Waals surface area contributed by atoms with Crippen LogP contribution in [-0.4, -0.2) is 9.13 Å². The molecule has 44 heavy (non-hydrogen) atoms. The summed E-state index contributed by atoms with van der Waals surface area (Å²) in [4.78, 5) is 0. The summed E-state index contributed by atoms with van der Waals surface area (Å²) in [6.45, 7) is 0. The minimum Gasteiger partial charge on any atom is -0.344 e. The fourth-order valence-electron chi connectivity index (χ4n) is 6.54. The molecule has 0 N–H and O–H groups in total. The normalized spacial score (nSPS) is 12.1. The van der Waals surface area contributed by atoms with Crippen molar-refractivity contribution in [1.82, 2.24) is 9.13 Å². The molecule has 2 aromatic heterocycles. The first-order valence-corrected chi connectivity index (χ1v) is 15.1. The molecule has 2 nitrogen and oxygen atoms in total. The number of rotatable bonds is 5. The number of aromatic nitrogens is 2. The van der Waals surface area contributed by atoms with E-state index in [-0.39, 0.29) is 0 Å². The lowest BCUT2D eigenvalue weighted by Crippen LogP contribution is -1.85. The largest absolute Gasteiger partial charge is 0.344 e. The zero-order chi connectivity index (χ0) is 29.6. The summed E-state index contributed by atoms with van der Waals surface area (Å²) in [7, 11) is 4.28. The van der Waals surface area contributed by atoms with Crippen molar-refractivity contribution in [2.75, 3.05) is 0 Å². The molecule has 0 unspecified atom stereocenters. The maximum atomic E-state index is 2.29. The zero-order valence-electron chi connectivity index (χ0n) is 24.9. The quantitative estimate of drug-likeness (QED) is 0.184. The molecule has 0 radical (unpaired) electrons. The van der Waals surface area contributed by atoms with E-state index >= 15 is 0 Å². The van der Waals surface area contributed by atoms with Gasteiger partial charge in [0.05, 0.1) is 0 Å². The summed E-state index contributed by atoms with van der Waals surface area (Å²) in [6, 6.07) is 48.2. The molecule has 0 saturated carbocycles. The van der Waals surface area contributed by atoms with Crippen molar-refractivity contribution >= 4 is 67.9 Å². The number of hydrogen-bond donors (Lipinski definition) is 0. The fourth-order valence-corrected chi connectivity index (χ4v) is 6.54. The van der Waals surface area contributed by atoms with E-state index in [4.69, 9.17) is 0 Å². The van der Waals surface area contributed by atoms with Gasteiger partial charge in [-0.15, -0.1) is 0 Å². The lowest BCUT2D eigenvalue weighted by molar-refractivity contribution is 1.01. The van der Waals surface area contributed by atoms with Crippen molar-refractivity contribution in [3.8, 4) is 11.1 Å². The molecule has 8 aromatic rings. The Balaban J connectivity index is 0.979. The standard InChI is InChI=1S/C42H32N2/c1-43-39-9-5-3-7-35(39)37-27-31(19-25-41(37)43)13-11-29-15-21-33(22-16-29)34-23-17-30(18-24-34)12-14-32-20-26-42-38(28-32)36-8-4-6-10-40(36)44(42)2/h3-28H,1-2H3. The van der Waals surface area contributed by atoms with Crippen LogP contribution in [0.4, 0.5) is 0 Å². The maximum absolute atomic E-state index is 2.29. The molecule has 2 heterocycles. The second kappa shape index (κ2) is 10.6. The Labute approximate surface area is 257 Å². The first-order valence-electron chi connectivity index (χ1n) is 15.1. The van der Waals surface area contributed by atoms with E-state index < -0.39 is 0 Å². The van der Waals surface area contributed by atoms with E-state index in [1.54, 1.807) is 0 Å². The van der Waals surface area contributed by atoms with Crippen molar-refractivity contribution in [3.63, 3.8) is 0 Å². The van der Waals surface area contributed by atoms with Crippen LogP contribution in [0.1, 0.15) is 22.3 Å². The number of fused-ring (bicyclic) bond motifs is 6. The summed E-state index contributed by atoms with van der Waals surface area (Å²) in [6.07, 6.45) is 8.80. The molecule has 8 rings (SSSR count). The SMILES string of the molecule is Cn1c2ccccc2c2cc(C=Cc3ccc(-c4ccc(C=Cc5ccc6c(c5)c5ccccc5n6C)cc4)cc3)ccc21. The number of benzene rings is 6. The van der Waals surface area contributed by atoms with Crippen LogP contribution in [0.25, 0.3) is 79.0 Å². The van der Waals surface area contributed by atoms with Crippen LogP contribution in [0, 0.1) is 0 Å². The maximum Gasteiger partial charge on any atom is 0.0489 e. The highest BCUT2D eigenvalue weighted by molar-refractivity contribution is 6.09. The molecule has 0 spiro atoms. The molecule has 210 valence electrons.